The van der Waals surface area contributed by atoms with Crippen LogP contribution in [0.25, 0.3) is 0 Å². The highest BCUT2D eigenvalue weighted by molar-refractivity contribution is 9.10. The van der Waals surface area contributed by atoms with E-state index >= 15 is 0 Å². The fourth-order valence-corrected chi connectivity index (χ4v) is 3.01. The molecule has 0 fully saturated rings. The first-order valence-electron chi connectivity index (χ1n) is 6.25. The Morgan fingerprint density at radius 2 is 1.75 bits per heavy atom. The summed E-state index contributed by atoms with van der Waals surface area (Å²) < 4.78 is 0.759. The molecule has 0 radical (unpaired) electrons. The van der Waals surface area contributed by atoms with Crippen LogP contribution in [0.15, 0.2) is 28.7 Å². The summed E-state index contributed by atoms with van der Waals surface area (Å²) in [6.07, 6.45) is 0.565. The van der Waals surface area contributed by atoms with E-state index in [2.05, 4.69) is 46.7 Å². The largest absolute Gasteiger partial charge is 0.236 e. The molecule has 0 aliphatic carbocycles. The van der Waals surface area contributed by atoms with Gasteiger partial charge >= 0.3 is 0 Å². The lowest BCUT2D eigenvalue weighted by atomic mass is 9.92. The van der Waals surface area contributed by atoms with E-state index < -0.39 is 0 Å². The summed E-state index contributed by atoms with van der Waals surface area (Å²) in [7, 11) is 0. The van der Waals surface area contributed by atoms with Crippen molar-refractivity contribution in [3.8, 4) is 0 Å². The Morgan fingerprint density at radius 3 is 2.35 bits per heavy atom. The third-order valence-electron chi connectivity index (χ3n) is 2.87. The van der Waals surface area contributed by atoms with Gasteiger partial charge in [-0.05, 0) is 27.6 Å². The quantitative estimate of drug-likeness (QED) is 0.655. The first-order valence-corrected chi connectivity index (χ1v) is 7.79. The van der Waals surface area contributed by atoms with E-state index in [-0.39, 0.29) is 5.41 Å². The summed E-state index contributed by atoms with van der Waals surface area (Å²) >= 11 is 15.8. The van der Waals surface area contributed by atoms with Crippen LogP contribution < -0.4 is 0 Å². The maximum atomic E-state index is 6.20. The zero-order valence-corrected chi connectivity index (χ0v) is 14.6. The van der Waals surface area contributed by atoms with E-state index in [1.807, 2.05) is 24.3 Å². The Morgan fingerprint density at radius 1 is 1.10 bits per heavy atom. The molecule has 5 heteroatoms. The molecule has 2 aromatic rings. The van der Waals surface area contributed by atoms with Crippen LogP contribution in [0.3, 0.4) is 0 Å². The van der Waals surface area contributed by atoms with E-state index in [0.29, 0.717) is 22.4 Å². The Balaban J connectivity index is 2.44. The summed E-state index contributed by atoms with van der Waals surface area (Å²) in [5.74, 6) is 0.677. The number of halogens is 3. The molecule has 0 aliphatic heterocycles. The Hall–Kier alpha value is -0.640. The second-order valence-corrected chi connectivity index (χ2v) is 7.17. The zero-order chi connectivity index (χ0) is 14.9. The van der Waals surface area contributed by atoms with Gasteiger partial charge in [0.2, 0.25) is 0 Å². The van der Waals surface area contributed by atoms with Crippen LogP contribution in [0, 0.1) is 0 Å². The summed E-state index contributed by atoms with van der Waals surface area (Å²) in [4.78, 5) is 8.97. The van der Waals surface area contributed by atoms with Crippen LogP contribution in [-0.4, -0.2) is 9.97 Å². The number of benzene rings is 1. The molecule has 0 spiro atoms. The van der Waals surface area contributed by atoms with Gasteiger partial charge in [0.25, 0.3) is 0 Å². The van der Waals surface area contributed by atoms with Gasteiger partial charge < -0.3 is 0 Å². The van der Waals surface area contributed by atoms with Crippen molar-refractivity contribution < 1.29 is 0 Å². The van der Waals surface area contributed by atoms with Crippen LogP contribution in [-0.2, 0) is 11.8 Å². The minimum Gasteiger partial charge on any atom is -0.236 e. The summed E-state index contributed by atoms with van der Waals surface area (Å²) in [5, 5.41) is 1.15. The maximum Gasteiger partial charge on any atom is 0.147 e. The summed E-state index contributed by atoms with van der Waals surface area (Å²) in [6, 6.07) is 7.69. The van der Waals surface area contributed by atoms with Gasteiger partial charge in [-0.25, -0.2) is 9.97 Å². The molecule has 1 aromatic carbocycles. The molecule has 20 heavy (non-hydrogen) atoms. The van der Waals surface area contributed by atoms with Gasteiger partial charge in [-0.3, -0.25) is 0 Å². The monoisotopic (exact) mass is 372 g/mol. The minimum atomic E-state index is -0.110. The predicted molar refractivity (Wildman–Crippen MR) is 87.7 cm³/mol. The second-order valence-electron chi connectivity index (χ2n) is 5.61. The molecule has 0 unspecified atom stereocenters. The Kier molecular flexibility index (Phi) is 4.73. The van der Waals surface area contributed by atoms with E-state index in [1.54, 1.807) is 0 Å². The highest BCUT2D eigenvalue weighted by Crippen LogP contribution is 2.32. The first kappa shape index (κ1) is 15.7. The van der Waals surface area contributed by atoms with Crippen LogP contribution >= 0.6 is 39.1 Å². The molecule has 0 saturated carbocycles. The summed E-state index contributed by atoms with van der Waals surface area (Å²) in [5.41, 5.74) is 1.78. The zero-order valence-electron chi connectivity index (χ0n) is 11.5. The van der Waals surface area contributed by atoms with Gasteiger partial charge in [-0.2, -0.15) is 0 Å². The Bertz CT molecular complexity index is 636. The summed E-state index contributed by atoms with van der Waals surface area (Å²) in [6.45, 7) is 6.28. The van der Waals surface area contributed by atoms with E-state index in [1.165, 1.54) is 0 Å². The third kappa shape index (κ3) is 3.51. The number of rotatable bonds is 2. The molecule has 1 aromatic heterocycles. The Labute approximate surface area is 137 Å². The number of hydrogen-bond acceptors (Lipinski definition) is 2. The van der Waals surface area contributed by atoms with Crippen molar-refractivity contribution in [1.82, 2.24) is 9.97 Å². The van der Waals surface area contributed by atoms with Gasteiger partial charge in [0, 0.05) is 16.9 Å². The molecule has 0 saturated heterocycles. The molecule has 2 rings (SSSR count). The average Bonchev–Trinajstić information content (AvgIpc) is 2.35. The standard InChI is InChI=1S/C15H15BrCl2N2/c1-15(2,3)13-12(16)14(18)20-11(19-13)8-9-6-4-5-7-10(9)17/h4-7H,8H2,1-3H3. The van der Waals surface area contributed by atoms with Crippen LogP contribution in [0.2, 0.25) is 10.2 Å². The first-order chi connectivity index (χ1) is 9.29. The molecule has 2 nitrogen and oxygen atoms in total. The molecular weight excluding hydrogens is 359 g/mol. The predicted octanol–water partition coefficient (Wildman–Crippen LogP) is 5.43. The van der Waals surface area contributed by atoms with Crippen molar-refractivity contribution in [1.29, 1.82) is 0 Å². The van der Waals surface area contributed by atoms with E-state index in [4.69, 9.17) is 23.2 Å². The van der Waals surface area contributed by atoms with Gasteiger partial charge in [-0.1, -0.05) is 62.2 Å². The van der Waals surface area contributed by atoms with Gasteiger partial charge in [0.1, 0.15) is 11.0 Å². The van der Waals surface area contributed by atoms with E-state index in [0.717, 1.165) is 15.7 Å². The van der Waals surface area contributed by atoms with E-state index in [9.17, 15) is 0 Å². The molecule has 0 aliphatic rings. The minimum absolute atomic E-state index is 0.110. The lowest BCUT2D eigenvalue weighted by molar-refractivity contribution is 0.559. The van der Waals surface area contributed by atoms with Crippen molar-refractivity contribution in [3.05, 3.63) is 56.0 Å². The smallest absolute Gasteiger partial charge is 0.147 e. The van der Waals surface area contributed by atoms with Crippen LogP contribution in [0.4, 0.5) is 0 Å². The SMILES string of the molecule is CC(C)(C)c1nc(Cc2ccccc2Cl)nc(Cl)c1Br. The highest BCUT2D eigenvalue weighted by Gasteiger charge is 2.22. The van der Waals surface area contributed by atoms with Gasteiger partial charge in [0.15, 0.2) is 0 Å². The topological polar surface area (TPSA) is 25.8 Å². The molecule has 0 N–H and O–H groups in total. The van der Waals surface area contributed by atoms with Crippen molar-refractivity contribution in [2.24, 2.45) is 0 Å². The van der Waals surface area contributed by atoms with Crippen molar-refractivity contribution in [2.75, 3.05) is 0 Å². The van der Waals surface area contributed by atoms with Gasteiger partial charge in [0.05, 0.1) is 10.2 Å². The lowest BCUT2D eigenvalue weighted by Crippen LogP contribution is -2.17. The van der Waals surface area contributed by atoms with Crippen molar-refractivity contribution in [3.63, 3.8) is 0 Å². The number of aromatic nitrogens is 2. The van der Waals surface area contributed by atoms with Gasteiger partial charge in [-0.15, -0.1) is 0 Å². The molecular formula is C15H15BrCl2N2. The fourth-order valence-electron chi connectivity index (χ4n) is 1.85. The highest BCUT2D eigenvalue weighted by atomic mass is 79.9. The fraction of sp³-hybridized carbons (Fsp3) is 0.333. The number of nitrogens with zero attached hydrogens (tertiary/aromatic N) is 2. The normalized spacial score (nSPS) is 11.7. The third-order valence-corrected chi connectivity index (χ3v) is 4.50. The number of hydrogen-bond donors (Lipinski definition) is 0. The molecule has 0 atom stereocenters. The average molecular weight is 374 g/mol. The second kappa shape index (κ2) is 6.00. The molecule has 0 bridgehead atoms. The van der Waals surface area contributed by atoms with Crippen molar-refractivity contribution in [2.45, 2.75) is 32.6 Å². The van der Waals surface area contributed by atoms with Crippen LogP contribution in [0.5, 0.6) is 0 Å². The maximum absolute atomic E-state index is 6.20. The molecule has 106 valence electrons. The lowest BCUT2D eigenvalue weighted by Gasteiger charge is -2.20. The molecule has 0 amide bonds. The molecule has 1 heterocycles. The van der Waals surface area contributed by atoms with Crippen LogP contribution in [0.1, 0.15) is 37.9 Å². The van der Waals surface area contributed by atoms with Crippen molar-refractivity contribution >= 4 is 39.1 Å².